The summed E-state index contributed by atoms with van der Waals surface area (Å²) in [5.74, 6) is 0.819. The number of nitrogens with one attached hydrogen (secondary N) is 2. The van der Waals surface area contributed by atoms with Crippen molar-refractivity contribution in [2.24, 2.45) is 10.4 Å². The van der Waals surface area contributed by atoms with E-state index in [1.165, 1.54) is 6.42 Å². The molecule has 0 aromatic heterocycles. The summed E-state index contributed by atoms with van der Waals surface area (Å²) < 4.78 is 11.0. The Hall–Kier alpha value is -0.120. The Morgan fingerprint density at radius 3 is 2.21 bits per heavy atom. The molecule has 0 spiro atoms. The Morgan fingerprint density at radius 2 is 1.67 bits per heavy atom. The Morgan fingerprint density at radius 1 is 1.04 bits per heavy atom. The molecule has 0 aliphatic carbocycles. The first kappa shape index (κ1) is 26.1. The number of aliphatic imine (C=N–C) groups is 1. The third kappa shape index (κ3) is 16.7. The number of guanidine groups is 1. The van der Waals surface area contributed by atoms with Gasteiger partial charge in [-0.1, -0.05) is 27.2 Å². The minimum absolute atomic E-state index is 0. The lowest BCUT2D eigenvalue weighted by molar-refractivity contribution is 0.0487. The van der Waals surface area contributed by atoms with E-state index < -0.39 is 0 Å². The van der Waals surface area contributed by atoms with Crippen molar-refractivity contribution in [3.05, 3.63) is 0 Å². The van der Waals surface area contributed by atoms with Crippen LogP contribution in [0.2, 0.25) is 0 Å². The molecule has 0 aromatic carbocycles. The molecule has 146 valence electrons. The molecule has 0 unspecified atom stereocenters. The van der Waals surface area contributed by atoms with E-state index in [-0.39, 0.29) is 29.4 Å². The van der Waals surface area contributed by atoms with Gasteiger partial charge in [0.05, 0.1) is 19.8 Å². The molecule has 0 atom stereocenters. The van der Waals surface area contributed by atoms with Gasteiger partial charge >= 0.3 is 0 Å². The lowest BCUT2D eigenvalue weighted by Crippen LogP contribution is -2.45. The molecule has 2 N–H and O–H groups in total. The quantitative estimate of drug-likeness (QED) is 0.192. The average Bonchev–Trinajstić information content (AvgIpc) is 2.47. The molecule has 0 fully saturated rings. The Balaban J connectivity index is 0. The van der Waals surface area contributed by atoms with E-state index in [4.69, 9.17) is 9.47 Å². The number of hydrogen-bond acceptors (Lipinski definition) is 4. The lowest BCUT2D eigenvalue weighted by atomic mass is 9.93. The molecule has 0 amide bonds. The normalized spacial score (nSPS) is 12.2. The van der Waals surface area contributed by atoms with Crippen LogP contribution in [0.25, 0.3) is 0 Å². The van der Waals surface area contributed by atoms with Crippen LogP contribution in [0.1, 0.15) is 33.6 Å². The fourth-order valence-corrected chi connectivity index (χ4v) is 2.27. The zero-order valence-corrected chi connectivity index (χ0v) is 18.8. The number of unbranched alkanes of at least 4 members (excludes halogenated alkanes) is 1. The number of hydrogen-bond donors (Lipinski definition) is 2. The average molecular weight is 458 g/mol. The van der Waals surface area contributed by atoms with Crippen LogP contribution >= 0.6 is 24.0 Å². The van der Waals surface area contributed by atoms with Crippen LogP contribution in [-0.2, 0) is 9.47 Å². The summed E-state index contributed by atoms with van der Waals surface area (Å²) >= 11 is 0. The number of rotatable bonds is 13. The molecule has 0 saturated heterocycles. The van der Waals surface area contributed by atoms with E-state index in [0.29, 0.717) is 19.8 Å². The van der Waals surface area contributed by atoms with Gasteiger partial charge in [0, 0.05) is 33.3 Å². The summed E-state index contributed by atoms with van der Waals surface area (Å²) in [6.07, 6.45) is 2.29. The highest BCUT2D eigenvalue weighted by atomic mass is 127. The Bertz CT molecular complexity index is 313. The molecule has 7 heteroatoms. The third-order valence-electron chi connectivity index (χ3n) is 3.26. The molecule has 24 heavy (non-hydrogen) atoms. The van der Waals surface area contributed by atoms with Gasteiger partial charge in [-0.25, -0.2) is 0 Å². The molecule has 6 nitrogen and oxygen atoms in total. The van der Waals surface area contributed by atoms with Gasteiger partial charge < -0.3 is 25.0 Å². The molecule has 0 radical (unpaired) electrons. The van der Waals surface area contributed by atoms with Crippen LogP contribution in [0.15, 0.2) is 4.99 Å². The van der Waals surface area contributed by atoms with Crippen molar-refractivity contribution in [2.75, 3.05) is 67.2 Å². The molecule has 0 aliphatic heterocycles. The van der Waals surface area contributed by atoms with Crippen LogP contribution < -0.4 is 10.6 Å². The molecule has 0 aliphatic rings. The standard InChI is InChI=1S/C17H38N4O2.HI/c1-7-8-10-22-12-13-23-11-9-19-16(18-4)20-14-17(2,3)15-21(5)6;/h7-15H2,1-6H3,(H2,18,19,20);1H. The van der Waals surface area contributed by atoms with Crippen molar-refractivity contribution in [3.8, 4) is 0 Å². The first-order valence-corrected chi connectivity index (χ1v) is 8.66. The molecular formula is C17H39IN4O2. The van der Waals surface area contributed by atoms with E-state index in [2.05, 4.69) is 55.4 Å². The maximum absolute atomic E-state index is 5.53. The lowest BCUT2D eigenvalue weighted by Gasteiger charge is -2.29. The summed E-state index contributed by atoms with van der Waals surface area (Å²) in [6.45, 7) is 12.1. The first-order chi connectivity index (χ1) is 10.9. The Kier molecular flexibility index (Phi) is 17.8. The van der Waals surface area contributed by atoms with Crippen molar-refractivity contribution < 1.29 is 9.47 Å². The highest BCUT2D eigenvalue weighted by molar-refractivity contribution is 14.0. The van der Waals surface area contributed by atoms with E-state index >= 15 is 0 Å². The fourth-order valence-electron chi connectivity index (χ4n) is 2.27. The van der Waals surface area contributed by atoms with Gasteiger partial charge in [0.2, 0.25) is 0 Å². The summed E-state index contributed by atoms with van der Waals surface area (Å²) in [5, 5.41) is 6.64. The molecular weight excluding hydrogens is 419 g/mol. The monoisotopic (exact) mass is 458 g/mol. The first-order valence-electron chi connectivity index (χ1n) is 8.66. The second kappa shape index (κ2) is 16.4. The highest BCUT2D eigenvalue weighted by Crippen LogP contribution is 2.13. The maximum Gasteiger partial charge on any atom is 0.191 e. The van der Waals surface area contributed by atoms with Gasteiger partial charge in [-0.15, -0.1) is 24.0 Å². The molecule has 0 heterocycles. The summed E-state index contributed by atoms with van der Waals surface area (Å²) in [6, 6.07) is 0. The van der Waals surface area contributed by atoms with Crippen molar-refractivity contribution >= 4 is 29.9 Å². The van der Waals surface area contributed by atoms with Gasteiger partial charge in [0.1, 0.15) is 0 Å². The smallest absolute Gasteiger partial charge is 0.191 e. The third-order valence-corrected chi connectivity index (χ3v) is 3.26. The van der Waals surface area contributed by atoms with Gasteiger partial charge in [-0.3, -0.25) is 4.99 Å². The molecule has 0 rings (SSSR count). The van der Waals surface area contributed by atoms with Gasteiger partial charge in [0.25, 0.3) is 0 Å². The van der Waals surface area contributed by atoms with Crippen LogP contribution in [-0.4, -0.2) is 78.1 Å². The second-order valence-electron chi connectivity index (χ2n) is 6.83. The van der Waals surface area contributed by atoms with Gasteiger partial charge in [0.15, 0.2) is 5.96 Å². The fraction of sp³-hybridized carbons (Fsp3) is 0.941. The summed E-state index contributed by atoms with van der Waals surface area (Å²) in [5.41, 5.74) is 0.188. The predicted octanol–water partition coefficient (Wildman–Crippen LogP) is 2.19. The topological polar surface area (TPSA) is 58.1 Å². The van der Waals surface area contributed by atoms with Crippen molar-refractivity contribution in [1.82, 2.24) is 15.5 Å². The van der Waals surface area contributed by atoms with Crippen molar-refractivity contribution in [1.29, 1.82) is 0 Å². The maximum atomic E-state index is 5.53. The van der Waals surface area contributed by atoms with Crippen molar-refractivity contribution in [2.45, 2.75) is 33.6 Å². The van der Waals surface area contributed by atoms with E-state index in [1.54, 1.807) is 7.05 Å². The zero-order valence-electron chi connectivity index (χ0n) is 16.5. The minimum Gasteiger partial charge on any atom is -0.379 e. The zero-order chi connectivity index (χ0) is 17.6. The van der Waals surface area contributed by atoms with Gasteiger partial charge in [-0.2, -0.15) is 0 Å². The minimum atomic E-state index is 0. The predicted molar refractivity (Wildman–Crippen MR) is 114 cm³/mol. The van der Waals surface area contributed by atoms with Crippen LogP contribution in [0.3, 0.4) is 0 Å². The van der Waals surface area contributed by atoms with E-state index in [1.807, 2.05) is 0 Å². The van der Waals surface area contributed by atoms with Crippen LogP contribution in [0, 0.1) is 5.41 Å². The van der Waals surface area contributed by atoms with Crippen molar-refractivity contribution in [3.63, 3.8) is 0 Å². The second-order valence-corrected chi connectivity index (χ2v) is 6.83. The summed E-state index contributed by atoms with van der Waals surface area (Å²) in [4.78, 5) is 6.44. The van der Waals surface area contributed by atoms with Crippen LogP contribution in [0.4, 0.5) is 0 Å². The highest BCUT2D eigenvalue weighted by Gasteiger charge is 2.19. The molecule has 0 aromatic rings. The SMILES string of the molecule is CCCCOCCOCCNC(=NC)NCC(C)(C)CN(C)C.I. The number of halogens is 1. The molecule has 0 saturated carbocycles. The summed E-state index contributed by atoms with van der Waals surface area (Å²) in [7, 11) is 5.98. The largest absolute Gasteiger partial charge is 0.379 e. The van der Waals surface area contributed by atoms with Gasteiger partial charge in [-0.05, 0) is 25.9 Å². The van der Waals surface area contributed by atoms with Crippen LogP contribution in [0.5, 0.6) is 0 Å². The Labute approximate surface area is 166 Å². The number of nitrogens with zero attached hydrogens (tertiary/aromatic N) is 2. The number of ether oxygens (including phenoxy) is 2. The van der Waals surface area contributed by atoms with E-state index in [9.17, 15) is 0 Å². The molecule has 0 bridgehead atoms. The van der Waals surface area contributed by atoms with E-state index in [0.717, 1.165) is 38.6 Å².